The average molecular weight is 357 g/mol. The van der Waals surface area contributed by atoms with E-state index in [9.17, 15) is 9.59 Å². The lowest BCUT2D eigenvalue weighted by atomic mass is 9.92. The summed E-state index contributed by atoms with van der Waals surface area (Å²) < 4.78 is 1.78. The van der Waals surface area contributed by atoms with E-state index >= 15 is 0 Å². The molecule has 2 aliphatic rings. The monoisotopic (exact) mass is 357 g/mol. The summed E-state index contributed by atoms with van der Waals surface area (Å²) in [5, 5.41) is 15.6. The number of likely N-dealkylation sites (tertiary alicyclic amines) is 1. The first-order valence-electron chi connectivity index (χ1n) is 9.08. The number of piperidine rings is 1. The van der Waals surface area contributed by atoms with Gasteiger partial charge in [0.1, 0.15) is 0 Å². The minimum Gasteiger partial charge on any atom is -0.345 e. The van der Waals surface area contributed by atoms with Crippen LogP contribution < -0.4 is 5.32 Å². The van der Waals surface area contributed by atoms with Crippen molar-refractivity contribution < 1.29 is 9.59 Å². The fourth-order valence-electron chi connectivity index (χ4n) is 3.67. The molecule has 2 aromatic rings. The smallest absolute Gasteiger partial charge is 0.273 e. The molecule has 9 heteroatoms. The van der Waals surface area contributed by atoms with Gasteiger partial charge >= 0.3 is 0 Å². The maximum atomic E-state index is 12.7. The highest BCUT2D eigenvalue weighted by Crippen LogP contribution is 2.40. The maximum absolute atomic E-state index is 12.7. The standard InChI is InChI=1S/C17H23N7O2/c1-3-23-19-10-13(21-23)17(26)20-12-6-7-15(25)24(11-4-5-11)16(12)14-8-9-18-22(14)2/h8-12,16H,3-7H2,1-2H3,(H,20,26)/t12-,16-/m1/s1. The van der Waals surface area contributed by atoms with Gasteiger partial charge in [-0.15, -0.1) is 5.10 Å². The second kappa shape index (κ2) is 6.54. The van der Waals surface area contributed by atoms with Gasteiger partial charge in [-0.3, -0.25) is 14.3 Å². The zero-order valence-electron chi connectivity index (χ0n) is 15.0. The number of aromatic nitrogens is 5. The van der Waals surface area contributed by atoms with Gasteiger partial charge in [0.25, 0.3) is 5.91 Å². The molecule has 1 aliphatic heterocycles. The van der Waals surface area contributed by atoms with Crippen LogP contribution in [0.15, 0.2) is 18.5 Å². The van der Waals surface area contributed by atoms with Gasteiger partial charge in [0.2, 0.25) is 5.91 Å². The molecule has 0 radical (unpaired) electrons. The van der Waals surface area contributed by atoms with E-state index in [1.54, 1.807) is 10.9 Å². The lowest BCUT2D eigenvalue weighted by Gasteiger charge is -2.41. The van der Waals surface area contributed by atoms with Crippen molar-refractivity contribution >= 4 is 11.8 Å². The van der Waals surface area contributed by atoms with Crippen molar-refractivity contribution in [3.8, 4) is 0 Å². The molecular formula is C17H23N7O2. The number of carbonyl (C=O) groups is 2. The third-order valence-corrected chi connectivity index (χ3v) is 5.11. The van der Waals surface area contributed by atoms with Crippen LogP contribution in [-0.4, -0.2) is 53.6 Å². The summed E-state index contributed by atoms with van der Waals surface area (Å²) in [6, 6.07) is 1.80. The third kappa shape index (κ3) is 2.97. The van der Waals surface area contributed by atoms with Crippen molar-refractivity contribution in [3.63, 3.8) is 0 Å². The van der Waals surface area contributed by atoms with Gasteiger partial charge in [0, 0.05) is 25.7 Å². The molecule has 0 spiro atoms. The number of aryl methyl sites for hydroxylation is 2. The minimum atomic E-state index is -0.257. The summed E-state index contributed by atoms with van der Waals surface area (Å²) in [5.41, 5.74) is 1.23. The van der Waals surface area contributed by atoms with Gasteiger partial charge in [0.05, 0.1) is 30.5 Å². The summed E-state index contributed by atoms with van der Waals surface area (Å²) in [4.78, 5) is 28.7. The number of nitrogens with one attached hydrogen (secondary N) is 1. The molecule has 0 bridgehead atoms. The zero-order valence-corrected chi connectivity index (χ0v) is 15.0. The first-order valence-corrected chi connectivity index (χ1v) is 9.08. The number of hydrogen-bond donors (Lipinski definition) is 1. The van der Waals surface area contributed by atoms with Crippen molar-refractivity contribution in [2.45, 2.75) is 57.3 Å². The van der Waals surface area contributed by atoms with E-state index in [1.165, 1.54) is 11.0 Å². The van der Waals surface area contributed by atoms with Gasteiger partial charge in [-0.05, 0) is 32.3 Å². The molecule has 1 saturated heterocycles. The molecule has 1 saturated carbocycles. The van der Waals surface area contributed by atoms with Crippen molar-refractivity contribution in [2.24, 2.45) is 7.05 Å². The molecule has 1 aliphatic carbocycles. The van der Waals surface area contributed by atoms with Crippen LogP contribution in [0.5, 0.6) is 0 Å². The van der Waals surface area contributed by atoms with E-state index in [-0.39, 0.29) is 29.9 Å². The molecule has 2 atom stereocenters. The molecule has 2 aromatic heterocycles. The molecule has 2 amide bonds. The molecule has 1 N–H and O–H groups in total. The SMILES string of the molecule is CCn1ncc(C(=O)N[C@@H]2CCC(=O)N(C3CC3)[C@H]2c2ccnn2C)n1. The van der Waals surface area contributed by atoms with Crippen LogP contribution >= 0.6 is 0 Å². The van der Waals surface area contributed by atoms with Crippen LogP contribution in [-0.2, 0) is 18.4 Å². The summed E-state index contributed by atoms with van der Waals surface area (Å²) in [6.45, 7) is 2.53. The van der Waals surface area contributed by atoms with Gasteiger partial charge in [-0.1, -0.05) is 0 Å². The van der Waals surface area contributed by atoms with E-state index in [4.69, 9.17) is 0 Å². The quantitative estimate of drug-likeness (QED) is 0.847. The molecule has 0 aromatic carbocycles. The Kier molecular flexibility index (Phi) is 4.21. The fourth-order valence-corrected chi connectivity index (χ4v) is 3.67. The summed E-state index contributed by atoms with van der Waals surface area (Å²) in [7, 11) is 1.87. The van der Waals surface area contributed by atoms with Crippen LogP contribution in [0.25, 0.3) is 0 Å². The van der Waals surface area contributed by atoms with Gasteiger partial charge in [0.15, 0.2) is 5.69 Å². The number of carbonyl (C=O) groups excluding carboxylic acids is 2. The Hall–Kier alpha value is -2.71. The largest absolute Gasteiger partial charge is 0.345 e. The Balaban J connectivity index is 1.61. The predicted molar refractivity (Wildman–Crippen MR) is 92.0 cm³/mol. The highest BCUT2D eigenvalue weighted by molar-refractivity contribution is 5.92. The molecule has 9 nitrogen and oxygen atoms in total. The molecular weight excluding hydrogens is 334 g/mol. The molecule has 138 valence electrons. The predicted octanol–water partition coefficient (Wildman–Crippen LogP) is 0.656. The Morgan fingerprint density at radius 3 is 2.73 bits per heavy atom. The van der Waals surface area contributed by atoms with Crippen LogP contribution in [0, 0.1) is 0 Å². The Morgan fingerprint density at radius 2 is 2.12 bits per heavy atom. The molecule has 3 heterocycles. The Bertz CT molecular complexity index is 823. The fraction of sp³-hybridized carbons (Fsp3) is 0.588. The second-order valence-corrected chi connectivity index (χ2v) is 6.89. The van der Waals surface area contributed by atoms with Crippen molar-refractivity contribution in [1.29, 1.82) is 0 Å². The van der Waals surface area contributed by atoms with Crippen LogP contribution in [0.4, 0.5) is 0 Å². The molecule has 2 fully saturated rings. The van der Waals surface area contributed by atoms with Crippen LogP contribution in [0.2, 0.25) is 0 Å². The molecule has 26 heavy (non-hydrogen) atoms. The van der Waals surface area contributed by atoms with E-state index in [0.29, 0.717) is 25.1 Å². The normalized spacial score (nSPS) is 23.3. The minimum absolute atomic E-state index is 0.154. The Morgan fingerprint density at radius 1 is 1.31 bits per heavy atom. The number of amides is 2. The highest BCUT2D eigenvalue weighted by Gasteiger charge is 2.45. The lowest BCUT2D eigenvalue weighted by molar-refractivity contribution is -0.138. The van der Waals surface area contributed by atoms with Gasteiger partial charge in [-0.2, -0.15) is 15.0 Å². The van der Waals surface area contributed by atoms with E-state index in [2.05, 4.69) is 20.6 Å². The topological polar surface area (TPSA) is 97.9 Å². The van der Waals surface area contributed by atoms with Gasteiger partial charge in [-0.25, -0.2) is 0 Å². The Labute approximate surface area is 151 Å². The number of hydrogen-bond acceptors (Lipinski definition) is 5. The summed E-state index contributed by atoms with van der Waals surface area (Å²) in [5.74, 6) is -0.104. The third-order valence-electron chi connectivity index (χ3n) is 5.11. The average Bonchev–Trinajstić information content (AvgIpc) is 3.18. The second-order valence-electron chi connectivity index (χ2n) is 6.89. The van der Waals surface area contributed by atoms with E-state index in [1.807, 2.05) is 24.9 Å². The number of nitrogens with zero attached hydrogens (tertiary/aromatic N) is 6. The van der Waals surface area contributed by atoms with Gasteiger partial charge < -0.3 is 10.2 Å². The van der Waals surface area contributed by atoms with Crippen LogP contribution in [0.3, 0.4) is 0 Å². The lowest BCUT2D eigenvalue weighted by Crippen LogP contribution is -2.53. The first-order chi connectivity index (χ1) is 12.6. The first kappa shape index (κ1) is 16.7. The molecule has 0 unspecified atom stereocenters. The summed E-state index contributed by atoms with van der Waals surface area (Å²) in [6.07, 6.45) is 6.29. The van der Waals surface area contributed by atoms with E-state index in [0.717, 1.165) is 18.5 Å². The zero-order chi connectivity index (χ0) is 18.3. The van der Waals surface area contributed by atoms with Crippen molar-refractivity contribution in [1.82, 2.24) is 35.0 Å². The number of rotatable bonds is 5. The molecule has 4 rings (SSSR count). The van der Waals surface area contributed by atoms with Crippen molar-refractivity contribution in [3.05, 3.63) is 29.8 Å². The van der Waals surface area contributed by atoms with Crippen LogP contribution in [0.1, 0.15) is 54.8 Å². The maximum Gasteiger partial charge on any atom is 0.273 e. The summed E-state index contributed by atoms with van der Waals surface area (Å²) >= 11 is 0. The highest BCUT2D eigenvalue weighted by atomic mass is 16.2. The van der Waals surface area contributed by atoms with Crippen molar-refractivity contribution in [2.75, 3.05) is 0 Å². The van der Waals surface area contributed by atoms with E-state index < -0.39 is 0 Å².